The number of carbonyl (C=O) groups is 2. The molecular weight excluding hydrogens is 197 g/mol. The Morgan fingerprint density at radius 1 is 1.13 bits per heavy atom. The van der Waals surface area contributed by atoms with Gasteiger partial charge in [-0.15, -0.1) is 0 Å². The van der Waals surface area contributed by atoms with Crippen LogP contribution in [0.5, 0.6) is 0 Å². The third-order valence-electron chi connectivity index (χ3n) is 2.22. The van der Waals surface area contributed by atoms with E-state index in [4.69, 9.17) is 0 Å². The molecule has 0 bridgehead atoms. The molecule has 4 heteroatoms. The molecule has 76 valence electrons. The van der Waals surface area contributed by atoms with Crippen LogP contribution in [0.4, 0.5) is 10.1 Å². The van der Waals surface area contributed by atoms with Crippen LogP contribution in [0.25, 0.3) is 0 Å². The van der Waals surface area contributed by atoms with Crippen molar-refractivity contribution in [1.82, 2.24) is 0 Å². The Balaban J connectivity index is 2.50. The second-order valence-electron chi connectivity index (χ2n) is 3.28. The Morgan fingerprint density at radius 2 is 1.73 bits per heavy atom. The zero-order valence-electron chi connectivity index (χ0n) is 8.03. The number of nitrogens with zero attached hydrogens (tertiary/aromatic N) is 1. The van der Waals surface area contributed by atoms with Crippen LogP contribution in [0.15, 0.2) is 30.4 Å². The summed E-state index contributed by atoms with van der Waals surface area (Å²) in [5, 5.41) is 0. The minimum atomic E-state index is -0.469. The molecule has 2 rings (SSSR count). The van der Waals surface area contributed by atoms with E-state index in [-0.39, 0.29) is 0 Å². The van der Waals surface area contributed by atoms with Crippen molar-refractivity contribution in [3.05, 3.63) is 41.7 Å². The third-order valence-corrected chi connectivity index (χ3v) is 2.22. The Kier molecular flexibility index (Phi) is 2.11. The number of rotatable bonds is 1. The normalized spacial score (nSPS) is 15.2. The number of halogens is 1. The molecule has 0 aliphatic carbocycles. The van der Waals surface area contributed by atoms with Gasteiger partial charge in [0, 0.05) is 12.2 Å². The molecule has 1 aromatic carbocycles. The lowest BCUT2D eigenvalue weighted by Crippen LogP contribution is -2.30. The summed E-state index contributed by atoms with van der Waals surface area (Å²) in [7, 11) is 0. The van der Waals surface area contributed by atoms with Crippen LogP contribution >= 0.6 is 0 Å². The van der Waals surface area contributed by atoms with Crippen molar-refractivity contribution in [2.75, 3.05) is 4.90 Å². The van der Waals surface area contributed by atoms with Gasteiger partial charge in [0.05, 0.1) is 5.69 Å². The molecule has 0 saturated carbocycles. The fourth-order valence-electron chi connectivity index (χ4n) is 1.46. The zero-order valence-corrected chi connectivity index (χ0v) is 8.03. The molecule has 1 heterocycles. The summed E-state index contributed by atoms with van der Waals surface area (Å²) >= 11 is 0. The Labute approximate surface area is 85.8 Å². The van der Waals surface area contributed by atoms with E-state index in [1.165, 1.54) is 30.4 Å². The molecule has 2 amide bonds. The number of carbonyl (C=O) groups excluding carboxylic acids is 2. The number of aryl methyl sites for hydroxylation is 1. The second-order valence-corrected chi connectivity index (χ2v) is 3.28. The van der Waals surface area contributed by atoms with Crippen molar-refractivity contribution in [3.8, 4) is 0 Å². The van der Waals surface area contributed by atoms with Crippen LogP contribution in [0, 0.1) is 12.7 Å². The van der Waals surface area contributed by atoms with Gasteiger partial charge in [-0.3, -0.25) is 9.59 Å². The number of hydrogen-bond donors (Lipinski definition) is 0. The van der Waals surface area contributed by atoms with Crippen molar-refractivity contribution >= 4 is 17.5 Å². The van der Waals surface area contributed by atoms with E-state index in [2.05, 4.69) is 0 Å². The van der Waals surface area contributed by atoms with Crippen LogP contribution in [0.3, 0.4) is 0 Å². The largest absolute Gasteiger partial charge is 0.269 e. The van der Waals surface area contributed by atoms with Gasteiger partial charge in [0.2, 0.25) is 0 Å². The number of imide groups is 1. The molecule has 0 spiro atoms. The monoisotopic (exact) mass is 205 g/mol. The Hall–Kier alpha value is -1.97. The van der Waals surface area contributed by atoms with E-state index in [0.29, 0.717) is 11.3 Å². The fraction of sp³-hybridized carbons (Fsp3) is 0.0909. The van der Waals surface area contributed by atoms with Gasteiger partial charge in [0.15, 0.2) is 0 Å². The van der Waals surface area contributed by atoms with Crippen molar-refractivity contribution < 1.29 is 14.0 Å². The summed E-state index contributed by atoms with van der Waals surface area (Å²) in [4.78, 5) is 23.6. The van der Waals surface area contributed by atoms with Gasteiger partial charge in [0.1, 0.15) is 5.82 Å². The lowest BCUT2D eigenvalue weighted by Gasteiger charge is -2.16. The van der Waals surface area contributed by atoms with E-state index >= 15 is 0 Å². The van der Waals surface area contributed by atoms with Gasteiger partial charge in [0.25, 0.3) is 11.8 Å². The minimum absolute atomic E-state index is 0.301. The molecule has 1 aliphatic heterocycles. The molecule has 0 unspecified atom stereocenters. The van der Waals surface area contributed by atoms with Gasteiger partial charge in [-0.2, -0.15) is 0 Å². The van der Waals surface area contributed by atoms with E-state index in [0.717, 1.165) is 4.90 Å². The highest BCUT2D eigenvalue weighted by Gasteiger charge is 2.26. The topological polar surface area (TPSA) is 37.4 Å². The average Bonchev–Trinajstić information content (AvgIpc) is 2.51. The Bertz CT molecular complexity index is 461. The number of amides is 2. The standard InChI is InChI=1S/C11H8FNO2/c1-7-2-3-8(12)6-9(7)13-10(14)4-5-11(13)15/h2-6H,1H3. The van der Waals surface area contributed by atoms with E-state index in [9.17, 15) is 14.0 Å². The molecule has 1 aliphatic rings. The maximum absolute atomic E-state index is 13.0. The summed E-state index contributed by atoms with van der Waals surface area (Å²) in [6.07, 6.45) is 2.35. The fourth-order valence-corrected chi connectivity index (χ4v) is 1.46. The van der Waals surface area contributed by atoms with Crippen LogP contribution in [0.1, 0.15) is 5.56 Å². The van der Waals surface area contributed by atoms with Gasteiger partial charge in [-0.1, -0.05) is 6.07 Å². The predicted molar refractivity (Wildman–Crippen MR) is 52.8 cm³/mol. The van der Waals surface area contributed by atoms with Crippen LogP contribution < -0.4 is 4.90 Å². The van der Waals surface area contributed by atoms with Crippen molar-refractivity contribution in [2.24, 2.45) is 0 Å². The number of benzene rings is 1. The SMILES string of the molecule is Cc1ccc(F)cc1N1C(=O)C=CC1=O. The van der Waals surface area contributed by atoms with Gasteiger partial charge < -0.3 is 0 Å². The summed E-state index contributed by atoms with van der Waals surface area (Å²) < 4.78 is 13.0. The summed E-state index contributed by atoms with van der Waals surface area (Å²) in [6, 6.07) is 4.00. The number of anilines is 1. The molecule has 15 heavy (non-hydrogen) atoms. The maximum Gasteiger partial charge on any atom is 0.258 e. The quantitative estimate of drug-likeness (QED) is 0.652. The first-order chi connectivity index (χ1) is 7.09. The van der Waals surface area contributed by atoms with E-state index in [1.807, 2.05) is 0 Å². The second kappa shape index (κ2) is 3.31. The van der Waals surface area contributed by atoms with Gasteiger partial charge in [-0.05, 0) is 24.6 Å². The first-order valence-electron chi connectivity index (χ1n) is 4.42. The van der Waals surface area contributed by atoms with Crippen LogP contribution in [-0.2, 0) is 9.59 Å². The molecule has 0 fully saturated rings. The van der Waals surface area contributed by atoms with Crippen molar-refractivity contribution in [3.63, 3.8) is 0 Å². The molecule has 0 atom stereocenters. The maximum atomic E-state index is 13.0. The first-order valence-corrected chi connectivity index (χ1v) is 4.42. The molecule has 1 aromatic rings. The van der Waals surface area contributed by atoms with E-state index in [1.54, 1.807) is 6.92 Å². The van der Waals surface area contributed by atoms with Gasteiger partial charge >= 0.3 is 0 Å². The highest BCUT2D eigenvalue weighted by atomic mass is 19.1. The summed E-state index contributed by atoms with van der Waals surface area (Å²) in [5.41, 5.74) is 0.983. The summed E-state index contributed by atoms with van der Waals surface area (Å²) in [5.74, 6) is -1.34. The smallest absolute Gasteiger partial charge is 0.258 e. The lowest BCUT2D eigenvalue weighted by molar-refractivity contribution is -0.119. The highest BCUT2D eigenvalue weighted by molar-refractivity contribution is 6.28. The molecule has 0 radical (unpaired) electrons. The molecule has 3 nitrogen and oxygen atoms in total. The van der Waals surface area contributed by atoms with Crippen LogP contribution in [0.2, 0.25) is 0 Å². The zero-order chi connectivity index (χ0) is 11.0. The van der Waals surface area contributed by atoms with Crippen molar-refractivity contribution in [1.29, 1.82) is 0 Å². The minimum Gasteiger partial charge on any atom is -0.269 e. The summed E-state index contributed by atoms with van der Waals surface area (Å²) in [6.45, 7) is 1.72. The van der Waals surface area contributed by atoms with E-state index < -0.39 is 17.6 Å². The molecule has 0 aromatic heterocycles. The average molecular weight is 205 g/mol. The third kappa shape index (κ3) is 1.54. The highest BCUT2D eigenvalue weighted by Crippen LogP contribution is 2.24. The predicted octanol–water partition coefficient (Wildman–Crippen LogP) is 1.56. The Morgan fingerprint density at radius 3 is 2.33 bits per heavy atom. The lowest BCUT2D eigenvalue weighted by atomic mass is 10.2. The number of hydrogen-bond acceptors (Lipinski definition) is 2. The molecular formula is C11H8FNO2. The van der Waals surface area contributed by atoms with Gasteiger partial charge in [-0.25, -0.2) is 9.29 Å². The first kappa shape index (κ1) is 9.58. The molecule has 0 N–H and O–H groups in total. The molecule has 0 saturated heterocycles. The van der Waals surface area contributed by atoms with Crippen molar-refractivity contribution in [2.45, 2.75) is 6.92 Å². The van der Waals surface area contributed by atoms with Crippen LogP contribution in [-0.4, -0.2) is 11.8 Å².